The van der Waals surface area contributed by atoms with Gasteiger partial charge in [-0.15, -0.1) is 0 Å². The Labute approximate surface area is 117 Å². The first kappa shape index (κ1) is 11.1. The number of hydrogen-bond acceptors (Lipinski definition) is 3. The lowest BCUT2D eigenvalue weighted by atomic mass is 9.92. The minimum Gasteiger partial charge on any atom is -0.459 e. The summed E-state index contributed by atoms with van der Waals surface area (Å²) in [5, 5.41) is 2.46. The molecule has 1 spiro atoms. The zero-order valence-corrected chi connectivity index (χ0v) is 11.2. The lowest BCUT2D eigenvalue weighted by Gasteiger charge is -2.39. The van der Waals surface area contributed by atoms with E-state index >= 15 is 0 Å². The molecule has 2 fully saturated rings. The molecule has 3 atom stereocenters. The SMILES string of the molecule is c1ccc2c3c(ccc2c1)OC1(CC2CCC1O2)OC3. The predicted molar refractivity (Wildman–Crippen MR) is 74.6 cm³/mol. The van der Waals surface area contributed by atoms with Crippen molar-refractivity contribution in [3.8, 4) is 5.75 Å². The fourth-order valence-electron chi connectivity index (χ4n) is 3.86. The maximum atomic E-state index is 6.28. The van der Waals surface area contributed by atoms with Crippen LogP contribution < -0.4 is 4.74 Å². The van der Waals surface area contributed by atoms with Crippen LogP contribution in [0.3, 0.4) is 0 Å². The number of benzene rings is 2. The molecule has 3 nitrogen and oxygen atoms in total. The molecule has 3 aliphatic heterocycles. The summed E-state index contributed by atoms with van der Waals surface area (Å²) in [5.41, 5.74) is 1.16. The summed E-state index contributed by atoms with van der Waals surface area (Å²) in [5.74, 6) is 0.435. The van der Waals surface area contributed by atoms with Crippen molar-refractivity contribution < 1.29 is 14.2 Å². The molecule has 0 saturated carbocycles. The van der Waals surface area contributed by atoms with Crippen molar-refractivity contribution in [1.82, 2.24) is 0 Å². The molecule has 3 aliphatic rings. The summed E-state index contributed by atoms with van der Waals surface area (Å²) in [6.45, 7) is 0.614. The lowest BCUT2D eigenvalue weighted by Crippen LogP contribution is -2.49. The van der Waals surface area contributed by atoms with Crippen LogP contribution in [0, 0.1) is 0 Å². The molecule has 0 radical (unpaired) electrons. The van der Waals surface area contributed by atoms with Crippen LogP contribution in [0.25, 0.3) is 10.8 Å². The Morgan fingerprint density at radius 2 is 2.00 bits per heavy atom. The second kappa shape index (κ2) is 3.74. The van der Waals surface area contributed by atoms with Crippen LogP contribution in [0.2, 0.25) is 0 Å². The normalized spacial score (nSPS) is 34.4. The highest BCUT2D eigenvalue weighted by Gasteiger charge is 2.57. The van der Waals surface area contributed by atoms with E-state index in [1.807, 2.05) is 0 Å². The number of ether oxygens (including phenoxy) is 3. The highest BCUT2D eigenvalue weighted by molar-refractivity contribution is 5.87. The van der Waals surface area contributed by atoms with Gasteiger partial charge in [0.25, 0.3) is 0 Å². The Morgan fingerprint density at radius 3 is 2.85 bits per heavy atom. The Balaban J connectivity index is 1.61. The van der Waals surface area contributed by atoms with Crippen LogP contribution in [-0.4, -0.2) is 18.0 Å². The third-order valence-corrected chi connectivity index (χ3v) is 4.85. The second-order valence-electron chi connectivity index (χ2n) is 5.99. The molecule has 2 aromatic rings. The number of fused-ring (bicyclic) bond motifs is 6. The van der Waals surface area contributed by atoms with Gasteiger partial charge in [0.15, 0.2) is 0 Å². The number of rotatable bonds is 0. The summed E-state index contributed by atoms with van der Waals surface area (Å²) in [4.78, 5) is 0. The van der Waals surface area contributed by atoms with Gasteiger partial charge in [0.05, 0.1) is 12.7 Å². The quantitative estimate of drug-likeness (QED) is 0.733. The molecule has 2 saturated heterocycles. The maximum Gasteiger partial charge on any atom is 0.239 e. The zero-order chi connectivity index (χ0) is 13.2. The monoisotopic (exact) mass is 268 g/mol. The highest BCUT2D eigenvalue weighted by atomic mass is 16.7. The van der Waals surface area contributed by atoms with Crippen molar-refractivity contribution in [3.63, 3.8) is 0 Å². The van der Waals surface area contributed by atoms with Gasteiger partial charge in [-0.2, -0.15) is 0 Å². The second-order valence-corrected chi connectivity index (χ2v) is 5.99. The smallest absolute Gasteiger partial charge is 0.239 e. The van der Waals surface area contributed by atoms with Gasteiger partial charge < -0.3 is 14.2 Å². The summed E-state index contributed by atoms with van der Waals surface area (Å²) >= 11 is 0. The first-order valence-corrected chi connectivity index (χ1v) is 7.33. The standard InChI is InChI=1S/C17H16O3/c1-2-4-13-11(3-1)5-7-15-14(13)10-18-17(20-15)9-12-6-8-16(17)19-12/h1-5,7,12,16H,6,8-10H2. The van der Waals surface area contributed by atoms with E-state index in [1.165, 1.54) is 10.8 Å². The van der Waals surface area contributed by atoms with E-state index in [2.05, 4.69) is 36.4 Å². The fourth-order valence-corrected chi connectivity index (χ4v) is 3.86. The largest absolute Gasteiger partial charge is 0.459 e. The minimum absolute atomic E-state index is 0.104. The van der Waals surface area contributed by atoms with Gasteiger partial charge in [-0.1, -0.05) is 30.3 Å². The Kier molecular flexibility index (Phi) is 2.08. The molecule has 0 N–H and O–H groups in total. The molecular formula is C17H16O3. The van der Waals surface area contributed by atoms with Crippen molar-refractivity contribution >= 4 is 10.8 Å². The van der Waals surface area contributed by atoms with E-state index in [0.29, 0.717) is 12.7 Å². The molecule has 3 unspecified atom stereocenters. The summed E-state index contributed by atoms with van der Waals surface area (Å²) in [6, 6.07) is 12.6. The molecule has 20 heavy (non-hydrogen) atoms. The van der Waals surface area contributed by atoms with E-state index in [9.17, 15) is 0 Å². The van der Waals surface area contributed by atoms with Gasteiger partial charge in [-0.3, -0.25) is 0 Å². The van der Waals surface area contributed by atoms with E-state index in [0.717, 1.165) is 30.6 Å². The Morgan fingerprint density at radius 1 is 1.05 bits per heavy atom. The Hall–Kier alpha value is -1.58. The molecule has 3 heteroatoms. The van der Waals surface area contributed by atoms with Crippen LogP contribution in [-0.2, 0) is 16.1 Å². The van der Waals surface area contributed by atoms with Gasteiger partial charge >= 0.3 is 0 Å². The van der Waals surface area contributed by atoms with Gasteiger partial charge in [-0.05, 0) is 29.7 Å². The third kappa shape index (κ3) is 1.37. The first-order valence-electron chi connectivity index (χ1n) is 7.33. The zero-order valence-electron chi connectivity index (χ0n) is 11.2. The average molecular weight is 268 g/mol. The third-order valence-electron chi connectivity index (χ3n) is 4.85. The molecule has 0 amide bonds. The van der Waals surface area contributed by atoms with Gasteiger partial charge in [0, 0.05) is 12.0 Å². The van der Waals surface area contributed by atoms with Crippen LogP contribution in [0.4, 0.5) is 0 Å². The van der Waals surface area contributed by atoms with E-state index in [1.54, 1.807) is 0 Å². The Bertz CT molecular complexity index is 696. The molecule has 0 aromatic heterocycles. The van der Waals surface area contributed by atoms with Gasteiger partial charge in [0.2, 0.25) is 5.79 Å². The van der Waals surface area contributed by atoms with Crippen molar-refractivity contribution in [2.24, 2.45) is 0 Å². The molecular weight excluding hydrogens is 252 g/mol. The van der Waals surface area contributed by atoms with Crippen molar-refractivity contribution in [2.75, 3.05) is 0 Å². The predicted octanol–water partition coefficient (Wildman–Crippen LogP) is 3.40. The van der Waals surface area contributed by atoms with Crippen molar-refractivity contribution in [1.29, 1.82) is 0 Å². The van der Waals surface area contributed by atoms with Crippen LogP contribution >= 0.6 is 0 Å². The molecule has 0 aliphatic carbocycles. The fraction of sp³-hybridized carbons (Fsp3) is 0.412. The first-order chi connectivity index (χ1) is 9.84. The van der Waals surface area contributed by atoms with E-state index < -0.39 is 5.79 Å². The molecule has 3 heterocycles. The van der Waals surface area contributed by atoms with Crippen LogP contribution in [0.15, 0.2) is 36.4 Å². The summed E-state index contributed by atoms with van der Waals surface area (Å²) in [7, 11) is 0. The summed E-state index contributed by atoms with van der Waals surface area (Å²) < 4.78 is 18.3. The maximum absolute atomic E-state index is 6.28. The van der Waals surface area contributed by atoms with Crippen molar-refractivity contribution in [3.05, 3.63) is 42.0 Å². The molecule has 5 rings (SSSR count). The van der Waals surface area contributed by atoms with Gasteiger partial charge in [0.1, 0.15) is 11.9 Å². The minimum atomic E-state index is -0.529. The van der Waals surface area contributed by atoms with E-state index in [-0.39, 0.29) is 6.10 Å². The van der Waals surface area contributed by atoms with Crippen LogP contribution in [0.5, 0.6) is 5.75 Å². The van der Waals surface area contributed by atoms with E-state index in [4.69, 9.17) is 14.2 Å². The highest BCUT2D eigenvalue weighted by Crippen LogP contribution is 2.49. The lowest BCUT2D eigenvalue weighted by molar-refractivity contribution is -0.230. The molecule has 102 valence electrons. The van der Waals surface area contributed by atoms with Crippen molar-refractivity contribution in [2.45, 2.75) is 43.9 Å². The average Bonchev–Trinajstić information content (AvgIpc) is 3.07. The van der Waals surface area contributed by atoms with Crippen LogP contribution in [0.1, 0.15) is 24.8 Å². The van der Waals surface area contributed by atoms with Gasteiger partial charge in [-0.25, -0.2) is 0 Å². The topological polar surface area (TPSA) is 27.7 Å². The molecule has 2 aromatic carbocycles. The molecule has 2 bridgehead atoms. The number of hydrogen-bond donors (Lipinski definition) is 0. The summed E-state index contributed by atoms with van der Waals surface area (Å²) in [6.07, 6.45) is 3.48.